The molecule has 11 heavy (non-hydrogen) atoms. The van der Waals surface area contributed by atoms with E-state index in [-0.39, 0.29) is 34.1 Å². The molecule has 0 spiro atoms. The quantitative estimate of drug-likeness (QED) is 0.383. The third-order valence-corrected chi connectivity index (χ3v) is 1.80. The fraction of sp³-hybridized carbons (Fsp3) is 0. The van der Waals surface area contributed by atoms with E-state index in [0.29, 0.717) is 0 Å². The van der Waals surface area contributed by atoms with Gasteiger partial charge in [0.25, 0.3) is 0 Å². The smallest absolute Gasteiger partial charge is 0.790 e. The van der Waals surface area contributed by atoms with Gasteiger partial charge in [-0.2, -0.15) is 0 Å². The molecule has 0 fully saturated rings. The first-order valence-corrected chi connectivity index (χ1v) is 4.38. The van der Waals surface area contributed by atoms with Crippen molar-refractivity contribution in [3.05, 3.63) is 0 Å². The predicted octanol–water partition coefficient (Wildman–Crippen LogP) is -3.34. The van der Waals surface area contributed by atoms with E-state index in [2.05, 4.69) is 4.31 Å². The van der Waals surface area contributed by atoms with Crippen LogP contribution in [0, 0.1) is 0 Å². The van der Waals surface area contributed by atoms with Gasteiger partial charge in [-0.25, -0.2) is 0 Å². The predicted molar refractivity (Wildman–Crippen MR) is 16.3 cm³/mol. The maximum absolute atomic E-state index is 9.32. The van der Waals surface area contributed by atoms with E-state index in [0.717, 1.165) is 0 Å². The molecule has 0 amide bonds. The largest absolute Gasteiger partial charge is 2.00 e. The second kappa shape index (κ2) is 5.86. The van der Waals surface area contributed by atoms with Crippen LogP contribution in [0.3, 0.4) is 0 Å². The zero-order valence-electron chi connectivity index (χ0n) is 4.41. The van der Waals surface area contributed by atoms with Crippen molar-refractivity contribution < 1.29 is 67.2 Å². The monoisotopic (exact) mass is 293 g/mol. The van der Waals surface area contributed by atoms with Crippen molar-refractivity contribution in [2.75, 3.05) is 0 Å². The van der Waals surface area contributed by atoms with Crippen LogP contribution < -0.4 is 19.6 Å². The summed E-state index contributed by atoms with van der Waals surface area (Å²) in [5.41, 5.74) is 0. The molecule has 7 nitrogen and oxygen atoms in total. The Morgan fingerprint density at radius 2 is 1.09 bits per heavy atom. The normalized spacial score (nSPS) is 11.3. The van der Waals surface area contributed by atoms with Gasteiger partial charge < -0.3 is 33.0 Å². The van der Waals surface area contributed by atoms with E-state index in [1.54, 1.807) is 0 Å². The third kappa shape index (κ3) is 18.3. The van der Waals surface area contributed by atoms with Gasteiger partial charge in [-0.05, 0) is 0 Å². The topological polar surface area (TPSA) is 136 Å². The van der Waals surface area contributed by atoms with Gasteiger partial charge in [0.2, 0.25) is 0 Å². The average molecular weight is 293 g/mol. The Bertz CT molecular complexity index is 157. The number of hydrogen-bond donors (Lipinski definition) is 0. The Morgan fingerprint density at radius 3 is 1.09 bits per heavy atom. The fourth-order valence-electron chi connectivity index (χ4n) is 0.122. The molecule has 0 aliphatic heterocycles. The molecule has 1 radical (unpaired) electrons. The molecule has 0 aromatic heterocycles. The molecule has 0 N–H and O–H groups in total. The SMILES string of the molecule is O=P([O-])([O-])OP(=O)([O-])[O-].[Cu+2].[Fe+2]. The van der Waals surface area contributed by atoms with Gasteiger partial charge in [0, 0.05) is 0 Å². The molecule has 0 saturated carbocycles. The van der Waals surface area contributed by atoms with Crippen molar-refractivity contribution in [3.63, 3.8) is 0 Å². The second-order valence-electron chi connectivity index (χ2n) is 0.976. The Morgan fingerprint density at radius 1 is 0.909 bits per heavy atom. The molecule has 0 aliphatic rings. The van der Waals surface area contributed by atoms with Crippen molar-refractivity contribution in [3.8, 4) is 0 Å². The van der Waals surface area contributed by atoms with E-state index >= 15 is 0 Å². The van der Waals surface area contributed by atoms with Crippen LogP contribution in [0.1, 0.15) is 0 Å². The maximum Gasteiger partial charge on any atom is 2.00 e. The van der Waals surface area contributed by atoms with Crippen LogP contribution in [0.4, 0.5) is 0 Å². The summed E-state index contributed by atoms with van der Waals surface area (Å²) in [7, 11) is -11.4. The number of hydrogen-bond acceptors (Lipinski definition) is 7. The van der Waals surface area contributed by atoms with Gasteiger partial charge in [-0.3, -0.25) is 0 Å². The fourth-order valence-corrected chi connectivity index (χ4v) is 1.10. The molecule has 0 bridgehead atoms. The standard InChI is InChI=1S/Cu.Fe.H4O7P2/c;;1-8(2,3)7-9(4,5)6/h;;(H2,1,2,3)(H2,4,5,6)/q2*+2;/p-4. The summed E-state index contributed by atoms with van der Waals surface area (Å²) in [5.74, 6) is 0. The zero-order valence-corrected chi connectivity index (χ0v) is 8.24. The summed E-state index contributed by atoms with van der Waals surface area (Å²) >= 11 is 0. The molecule has 0 aromatic carbocycles. The van der Waals surface area contributed by atoms with Crippen molar-refractivity contribution in [1.29, 1.82) is 0 Å². The molecule has 0 atom stereocenters. The molecule has 0 aromatic rings. The second-order valence-corrected chi connectivity index (χ2v) is 3.42. The molecule has 11 heteroatoms. The molecule has 0 unspecified atom stereocenters. The molecular weight excluding hydrogens is 293 g/mol. The van der Waals surface area contributed by atoms with E-state index < -0.39 is 15.6 Å². The molecule has 71 valence electrons. The number of phosphoric acid groups is 2. The third-order valence-electron chi connectivity index (χ3n) is 0.200. The summed E-state index contributed by atoms with van der Waals surface area (Å²) in [4.78, 5) is 37.3. The van der Waals surface area contributed by atoms with Gasteiger partial charge in [-0.1, -0.05) is 0 Å². The van der Waals surface area contributed by atoms with Gasteiger partial charge in [0.15, 0.2) is 0 Å². The van der Waals surface area contributed by atoms with Crippen LogP contribution in [0.25, 0.3) is 0 Å². The van der Waals surface area contributed by atoms with Crippen LogP contribution in [0.2, 0.25) is 0 Å². The minimum absolute atomic E-state index is 0. The Balaban J connectivity index is -0.000000320. The summed E-state index contributed by atoms with van der Waals surface area (Å²) in [6.45, 7) is 0. The van der Waals surface area contributed by atoms with E-state index in [9.17, 15) is 28.7 Å². The average Bonchev–Trinajstić information content (AvgIpc) is 1.14. The van der Waals surface area contributed by atoms with Crippen molar-refractivity contribution in [2.24, 2.45) is 0 Å². The minimum atomic E-state index is -5.68. The first-order valence-electron chi connectivity index (χ1n) is 1.46. The maximum atomic E-state index is 9.32. The summed E-state index contributed by atoms with van der Waals surface area (Å²) < 4.78 is 21.2. The minimum Gasteiger partial charge on any atom is -0.790 e. The van der Waals surface area contributed by atoms with E-state index in [1.165, 1.54) is 0 Å². The first-order chi connectivity index (χ1) is 3.71. The van der Waals surface area contributed by atoms with Gasteiger partial charge in [0.1, 0.15) is 0 Å². The van der Waals surface area contributed by atoms with E-state index in [4.69, 9.17) is 0 Å². The Hall–Kier alpha value is 1.30. The van der Waals surface area contributed by atoms with Crippen LogP contribution in [-0.2, 0) is 47.6 Å². The van der Waals surface area contributed by atoms with Crippen molar-refractivity contribution >= 4 is 15.6 Å². The summed E-state index contributed by atoms with van der Waals surface area (Å²) in [6.07, 6.45) is 0. The van der Waals surface area contributed by atoms with Crippen LogP contribution in [0.15, 0.2) is 0 Å². The molecular formula is CuFeO7P2. The molecule has 0 saturated heterocycles. The summed E-state index contributed by atoms with van der Waals surface area (Å²) in [6, 6.07) is 0. The molecule has 0 aliphatic carbocycles. The Kier molecular flexibility index (Phi) is 9.68. The van der Waals surface area contributed by atoms with Gasteiger partial charge in [0.05, 0.1) is 15.6 Å². The van der Waals surface area contributed by atoms with E-state index in [1.807, 2.05) is 0 Å². The van der Waals surface area contributed by atoms with Crippen LogP contribution in [0.5, 0.6) is 0 Å². The Labute approximate surface area is 83.0 Å². The van der Waals surface area contributed by atoms with Crippen molar-refractivity contribution in [1.82, 2.24) is 0 Å². The zero-order chi connectivity index (χ0) is 7.71. The molecule has 0 rings (SSSR count). The van der Waals surface area contributed by atoms with Crippen LogP contribution >= 0.6 is 15.6 Å². The summed E-state index contributed by atoms with van der Waals surface area (Å²) in [5, 5.41) is 0. The number of rotatable bonds is 2. The van der Waals surface area contributed by atoms with Gasteiger partial charge in [-0.15, -0.1) is 0 Å². The first kappa shape index (κ1) is 18.2. The van der Waals surface area contributed by atoms with Crippen molar-refractivity contribution in [2.45, 2.75) is 0 Å². The van der Waals surface area contributed by atoms with Crippen LogP contribution in [-0.4, -0.2) is 0 Å². The van der Waals surface area contributed by atoms with Gasteiger partial charge >= 0.3 is 34.1 Å². The molecule has 0 heterocycles.